The summed E-state index contributed by atoms with van der Waals surface area (Å²) in [6, 6.07) is 14.5. The van der Waals surface area contributed by atoms with Gasteiger partial charge >= 0.3 is 11.7 Å². The first-order chi connectivity index (χ1) is 17.0. The molecule has 0 saturated carbocycles. The standard InChI is InChI=1S/C22H21N5O8S/c1-3-33-19(28)12-16-20(27(29)30)21(26(24)22(25-16)36(2,31)32)35-18-11-14(13-23)9-10-17(18)34-15-7-5-4-6-8-15/h4-11,22H,3,12,24H2,1-2H3. The molecule has 1 atom stereocenters. The third-order valence-corrected chi connectivity index (χ3v) is 5.75. The summed E-state index contributed by atoms with van der Waals surface area (Å²) < 4.78 is 41.1. The van der Waals surface area contributed by atoms with E-state index in [-0.39, 0.29) is 23.7 Å². The topological polar surface area (TPSA) is 187 Å². The summed E-state index contributed by atoms with van der Waals surface area (Å²) in [5.74, 6) is 4.62. The highest BCUT2D eigenvalue weighted by Gasteiger charge is 2.43. The number of ether oxygens (including phenoxy) is 3. The van der Waals surface area contributed by atoms with E-state index < -0.39 is 49.9 Å². The van der Waals surface area contributed by atoms with Crippen LogP contribution in [0.1, 0.15) is 18.9 Å². The van der Waals surface area contributed by atoms with Gasteiger partial charge in [0, 0.05) is 12.3 Å². The van der Waals surface area contributed by atoms with Crippen LogP contribution < -0.4 is 15.3 Å². The van der Waals surface area contributed by atoms with E-state index in [1.54, 1.807) is 30.3 Å². The number of hydrogen-bond donors (Lipinski definition) is 1. The zero-order chi connectivity index (χ0) is 26.5. The molecule has 2 N–H and O–H groups in total. The predicted molar refractivity (Wildman–Crippen MR) is 126 cm³/mol. The maximum absolute atomic E-state index is 12.4. The summed E-state index contributed by atoms with van der Waals surface area (Å²) in [7, 11) is -4.06. The second-order valence-corrected chi connectivity index (χ2v) is 9.40. The molecule has 36 heavy (non-hydrogen) atoms. The molecule has 2 aromatic rings. The van der Waals surface area contributed by atoms with E-state index in [9.17, 15) is 28.6 Å². The van der Waals surface area contributed by atoms with E-state index in [0.717, 1.165) is 6.26 Å². The van der Waals surface area contributed by atoms with Crippen LogP contribution in [0.2, 0.25) is 0 Å². The van der Waals surface area contributed by atoms with Crippen LogP contribution in [0.3, 0.4) is 0 Å². The van der Waals surface area contributed by atoms with Crippen molar-refractivity contribution >= 4 is 21.5 Å². The Bertz CT molecular complexity index is 1380. The van der Waals surface area contributed by atoms with Gasteiger partial charge in [-0.3, -0.25) is 14.9 Å². The van der Waals surface area contributed by atoms with E-state index >= 15 is 0 Å². The number of nitrogens with zero attached hydrogens (tertiary/aromatic N) is 4. The van der Waals surface area contributed by atoms with Gasteiger partial charge in [-0.25, -0.2) is 24.3 Å². The number of nitrogens with two attached hydrogens (primary N) is 1. The molecule has 0 aromatic heterocycles. The predicted octanol–water partition coefficient (Wildman–Crippen LogP) is 2.09. The molecule has 0 radical (unpaired) electrons. The molecule has 0 spiro atoms. The molecule has 1 aliphatic heterocycles. The van der Waals surface area contributed by atoms with Gasteiger partial charge in [-0.15, -0.1) is 0 Å². The lowest BCUT2D eigenvalue weighted by Gasteiger charge is -2.30. The first-order valence-electron chi connectivity index (χ1n) is 10.3. The van der Waals surface area contributed by atoms with Crippen molar-refractivity contribution in [1.29, 1.82) is 5.26 Å². The SMILES string of the molecule is CCOC(=O)CC1=NC(S(C)(=O)=O)N(N)C(Oc2cc(C#N)ccc2Oc2ccccc2)=C1[N+](=O)[O-]. The van der Waals surface area contributed by atoms with Crippen LogP contribution in [-0.4, -0.2) is 48.4 Å². The quantitative estimate of drug-likeness (QED) is 0.223. The van der Waals surface area contributed by atoms with Crippen molar-refractivity contribution in [2.75, 3.05) is 12.9 Å². The maximum atomic E-state index is 12.4. The first-order valence-corrected chi connectivity index (χ1v) is 12.3. The Hall–Kier alpha value is -4.48. The molecule has 1 aliphatic rings. The average molecular weight is 516 g/mol. The zero-order valence-corrected chi connectivity index (χ0v) is 20.0. The number of allylic oxidation sites excluding steroid dienone is 1. The van der Waals surface area contributed by atoms with Crippen LogP contribution >= 0.6 is 0 Å². The Kier molecular flexibility index (Phi) is 7.87. The number of carbonyl (C=O) groups is 1. The van der Waals surface area contributed by atoms with Crippen LogP contribution in [0, 0.1) is 21.4 Å². The Morgan fingerprint density at radius 1 is 1.22 bits per heavy atom. The van der Waals surface area contributed by atoms with Crippen molar-refractivity contribution < 1.29 is 32.3 Å². The fraction of sp³-hybridized carbons (Fsp3) is 0.227. The molecule has 1 heterocycles. The molecule has 0 fully saturated rings. The molecule has 2 aromatic carbocycles. The molecule has 0 amide bonds. The van der Waals surface area contributed by atoms with Crippen molar-refractivity contribution in [3.8, 4) is 23.3 Å². The Labute approximate surface area is 206 Å². The Morgan fingerprint density at radius 2 is 1.92 bits per heavy atom. The lowest BCUT2D eigenvalue weighted by molar-refractivity contribution is -0.419. The second kappa shape index (κ2) is 10.8. The number of nitro groups is 1. The van der Waals surface area contributed by atoms with Crippen LogP contribution in [-0.2, 0) is 19.4 Å². The molecular weight excluding hydrogens is 494 g/mol. The summed E-state index contributed by atoms with van der Waals surface area (Å²) in [4.78, 5) is 27.0. The van der Waals surface area contributed by atoms with Crippen LogP contribution in [0.5, 0.6) is 17.2 Å². The highest BCUT2D eigenvalue weighted by Crippen LogP contribution is 2.36. The number of carbonyl (C=O) groups excluding carboxylic acids is 1. The third kappa shape index (κ3) is 5.95. The van der Waals surface area contributed by atoms with Gasteiger partial charge < -0.3 is 14.2 Å². The molecule has 3 rings (SSSR count). The summed E-state index contributed by atoms with van der Waals surface area (Å²) in [6.45, 7) is 1.53. The number of hydrazine groups is 1. The van der Waals surface area contributed by atoms with Crippen LogP contribution in [0.15, 0.2) is 65.1 Å². The van der Waals surface area contributed by atoms with Gasteiger partial charge in [-0.1, -0.05) is 18.2 Å². The zero-order valence-electron chi connectivity index (χ0n) is 19.2. The van der Waals surface area contributed by atoms with E-state index in [2.05, 4.69) is 4.99 Å². The fourth-order valence-electron chi connectivity index (χ4n) is 3.13. The molecule has 0 bridgehead atoms. The Balaban J connectivity index is 2.16. The lowest BCUT2D eigenvalue weighted by Crippen LogP contribution is -2.50. The maximum Gasteiger partial charge on any atom is 0.352 e. The van der Waals surface area contributed by atoms with Crippen molar-refractivity contribution in [3.63, 3.8) is 0 Å². The van der Waals surface area contributed by atoms with Crippen molar-refractivity contribution in [2.45, 2.75) is 18.8 Å². The highest BCUT2D eigenvalue weighted by atomic mass is 32.2. The number of aliphatic imine (C=N–C) groups is 1. The number of sulfone groups is 1. The van der Waals surface area contributed by atoms with Crippen molar-refractivity contribution in [3.05, 3.63) is 75.8 Å². The third-order valence-electron chi connectivity index (χ3n) is 4.65. The lowest BCUT2D eigenvalue weighted by atomic mass is 10.2. The molecule has 1 unspecified atom stereocenters. The number of esters is 1. The summed E-state index contributed by atoms with van der Waals surface area (Å²) >= 11 is 0. The molecule has 188 valence electrons. The summed E-state index contributed by atoms with van der Waals surface area (Å²) in [5, 5.41) is 21.8. The monoisotopic (exact) mass is 515 g/mol. The molecule has 0 aliphatic carbocycles. The summed E-state index contributed by atoms with van der Waals surface area (Å²) in [6.07, 6.45) is 0.112. The van der Waals surface area contributed by atoms with Crippen LogP contribution in [0.4, 0.5) is 0 Å². The van der Waals surface area contributed by atoms with E-state index in [0.29, 0.717) is 10.8 Å². The normalized spacial score (nSPS) is 15.6. The van der Waals surface area contributed by atoms with Gasteiger partial charge in [-0.05, 0) is 31.2 Å². The molecule has 0 saturated heterocycles. The van der Waals surface area contributed by atoms with Crippen molar-refractivity contribution in [2.24, 2.45) is 10.8 Å². The van der Waals surface area contributed by atoms with E-state index in [1.165, 1.54) is 25.1 Å². The van der Waals surface area contributed by atoms with Gasteiger partial charge in [0.15, 0.2) is 21.3 Å². The fourth-order valence-corrected chi connectivity index (χ4v) is 3.96. The number of nitriles is 1. The largest absolute Gasteiger partial charge is 0.466 e. The van der Waals surface area contributed by atoms with Crippen molar-refractivity contribution in [1.82, 2.24) is 5.01 Å². The minimum Gasteiger partial charge on any atom is -0.466 e. The Morgan fingerprint density at radius 3 is 2.50 bits per heavy atom. The molecule has 14 heteroatoms. The van der Waals surface area contributed by atoms with Gasteiger partial charge in [0.1, 0.15) is 11.5 Å². The molecular formula is C22H21N5O8S. The van der Waals surface area contributed by atoms with Crippen LogP contribution in [0.25, 0.3) is 0 Å². The van der Waals surface area contributed by atoms with Gasteiger partial charge in [-0.2, -0.15) is 5.26 Å². The number of hydrogen-bond acceptors (Lipinski definition) is 12. The van der Waals surface area contributed by atoms with Gasteiger partial charge in [0.2, 0.25) is 5.50 Å². The number of para-hydroxylation sites is 1. The highest BCUT2D eigenvalue weighted by molar-refractivity contribution is 7.91. The van der Waals surface area contributed by atoms with Gasteiger partial charge in [0.25, 0.3) is 5.88 Å². The second-order valence-electron chi connectivity index (χ2n) is 7.32. The van der Waals surface area contributed by atoms with E-state index in [1.807, 2.05) is 6.07 Å². The van der Waals surface area contributed by atoms with E-state index in [4.69, 9.17) is 20.1 Å². The minimum atomic E-state index is -4.06. The molecule has 13 nitrogen and oxygen atoms in total. The number of benzene rings is 2. The number of rotatable bonds is 9. The van der Waals surface area contributed by atoms with Gasteiger partial charge in [0.05, 0.1) is 29.6 Å². The smallest absolute Gasteiger partial charge is 0.352 e. The minimum absolute atomic E-state index is 0.00730. The average Bonchev–Trinajstić information content (AvgIpc) is 2.81. The summed E-state index contributed by atoms with van der Waals surface area (Å²) in [5.41, 5.74) is -3.07. The first kappa shape index (κ1) is 26.1.